The normalized spacial score (nSPS) is 10.8. The molecule has 6 heavy (non-hydrogen) atoms. The Hall–Kier alpha value is 0.642. The van der Waals surface area contributed by atoms with Crippen LogP contribution >= 0.6 is 7.82 Å². The molecule has 0 radical (unpaired) electrons. The maximum atomic E-state index is 8.88. The van der Waals surface area contributed by atoms with Crippen LogP contribution in [0.25, 0.3) is 0 Å². The van der Waals surface area contributed by atoms with Gasteiger partial charge in [0.25, 0.3) is 0 Å². The molecule has 0 heterocycles. The molecule has 0 unspecified atom stereocenters. The topological polar surface area (TPSA) is 77.8 Å². The third kappa shape index (κ3) is 149. The van der Waals surface area contributed by atoms with Gasteiger partial charge < -0.3 is 14.7 Å². The zero-order chi connectivity index (χ0) is 6.50. The second-order valence-electron chi connectivity index (χ2n) is 0.513. The summed E-state index contributed by atoms with van der Waals surface area (Å²) >= 11 is 0.556. The van der Waals surface area contributed by atoms with Gasteiger partial charge in [-0.1, -0.05) is 0.939 Å². The fourth-order valence-corrected chi connectivity index (χ4v) is 0. The molecule has 0 aliphatic rings. The van der Waals surface area contributed by atoms with Crippen LogP contribution in [0.15, 0.2) is 0 Å². The first-order valence-electron chi connectivity index (χ1n) is 1.78. The van der Waals surface area contributed by atoms with Crippen LogP contribution in [0.1, 0.15) is 0 Å². The summed E-state index contributed by atoms with van der Waals surface area (Å²) < 4.78 is 14.8. The number of hydrogen-bond donors (Lipinski definition) is 3. The second kappa shape index (κ2) is 2.76. The molecule has 0 spiro atoms. The van der Waals surface area contributed by atoms with Gasteiger partial charge in [-0.05, 0) is 0 Å². The Morgan fingerprint density at radius 1 is 1.50 bits per heavy atom. The summed E-state index contributed by atoms with van der Waals surface area (Å²) in [6.07, 6.45) is 0. The highest BCUT2D eigenvalue weighted by Gasteiger charge is 2.00. The quantitative estimate of drug-likeness (QED) is 0.258. The highest BCUT2D eigenvalue weighted by Crippen LogP contribution is 2.25. The minimum Gasteiger partial charge on any atom is -0.303 e. The lowest BCUT2D eigenvalue weighted by molar-refractivity contribution is 0.275. The van der Waals surface area contributed by atoms with E-state index in [1.807, 2.05) is 0 Å². The van der Waals surface area contributed by atoms with Crippen LogP contribution < -0.4 is 0 Å². The number of phosphoric acid groups is 1. The predicted molar refractivity (Wildman–Crippen MR) is 24.2 cm³/mol. The molecule has 0 aliphatic heterocycles. The van der Waals surface area contributed by atoms with Gasteiger partial charge in [-0.15, -0.1) is 0 Å². The lowest BCUT2D eigenvalue weighted by Crippen LogP contribution is -1.66. The van der Waals surface area contributed by atoms with Crippen molar-refractivity contribution in [3.8, 4) is 0 Å². The third-order valence-electron chi connectivity index (χ3n) is 0. The molecule has 0 saturated heterocycles. The van der Waals surface area contributed by atoms with E-state index >= 15 is 0 Å². The van der Waals surface area contributed by atoms with E-state index in [4.69, 9.17) is 20.2 Å². The highest BCUT2D eigenvalue weighted by molar-refractivity contribution is 7.45. The van der Waals surface area contributed by atoms with Gasteiger partial charge in [-0.3, -0.25) is 0 Å². The summed E-state index contributed by atoms with van der Waals surface area (Å²) in [6.45, 7) is 0. The van der Waals surface area contributed by atoms with Crippen LogP contribution in [-0.4, -0.2) is 32.8 Å². The minimum absolute atomic E-state index is 0.556. The maximum absolute atomic E-state index is 8.88. The molecule has 3 N–H and O–H groups in total. The Kier molecular flexibility index (Phi) is 3.05. The van der Waals surface area contributed by atoms with Crippen LogP contribution in [0.5, 0.6) is 0 Å². The SMILES string of the molecule is O=P(O)(O)O.[2H][AlH2]. The van der Waals surface area contributed by atoms with Crippen molar-refractivity contribution in [3.05, 3.63) is 0 Å². The molecule has 4 nitrogen and oxygen atoms in total. The fourth-order valence-electron chi connectivity index (χ4n) is 0. The summed E-state index contributed by atoms with van der Waals surface area (Å²) in [7, 11) is -4.64. The van der Waals surface area contributed by atoms with Gasteiger partial charge in [0.15, 0.2) is 17.2 Å². The van der Waals surface area contributed by atoms with E-state index < -0.39 is 7.82 Å². The van der Waals surface area contributed by atoms with Crippen LogP contribution in [-0.2, 0) is 4.57 Å². The first-order valence-corrected chi connectivity index (χ1v) is 2.35. The number of hydrogen-bond acceptors (Lipinski definition) is 1. The van der Waals surface area contributed by atoms with Gasteiger partial charge >= 0.3 is 7.82 Å². The van der Waals surface area contributed by atoms with Gasteiger partial charge in [0.1, 0.15) is 0 Å². The van der Waals surface area contributed by atoms with E-state index in [0.29, 0.717) is 17.2 Å². The summed E-state index contributed by atoms with van der Waals surface area (Å²) in [5.41, 5.74) is 0. The molecule has 0 saturated carbocycles. The molecule has 0 aromatic heterocycles. The van der Waals surface area contributed by atoms with E-state index in [9.17, 15) is 0 Å². The van der Waals surface area contributed by atoms with E-state index in [0.717, 1.165) is 0 Å². The van der Waals surface area contributed by atoms with Crippen molar-refractivity contribution >= 4 is 25.0 Å². The molecule has 0 amide bonds. The fraction of sp³-hybridized carbons (Fsp3) is 0. The molecule has 0 atom stereocenters. The van der Waals surface area contributed by atoms with Crippen LogP contribution in [0, 0.1) is 0 Å². The summed E-state index contributed by atoms with van der Waals surface area (Å²) in [4.78, 5) is 21.6. The van der Waals surface area contributed by atoms with Gasteiger partial charge in [0, 0.05) is 0 Å². The Morgan fingerprint density at radius 2 is 1.50 bits per heavy atom. The van der Waals surface area contributed by atoms with Crippen LogP contribution in [0.2, 0.25) is 0 Å². The summed E-state index contributed by atoms with van der Waals surface area (Å²) in [6, 6.07) is 0. The van der Waals surface area contributed by atoms with Crippen molar-refractivity contribution in [3.63, 3.8) is 0 Å². The van der Waals surface area contributed by atoms with E-state index in [1.165, 1.54) is 0 Å². The molecular formula is H6AlO4P. The lowest BCUT2D eigenvalue weighted by Gasteiger charge is -1.82. The Balaban J connectivity index is 0. The largest absolute Gasteiger partial charge is 0.466 e. The Morgan fingerprint density at radius 3 is 1.50 bits per heavy atom. The van der Waals surface area contributed by atoms with Gasteiger partial charge in [-0.2, -0.15) is 0 Å². The van der Waals surface area contributed by atoms with Crippen molar-refractivity contribution in [2.24, 2.45) is 0 Å². The molecule has 0 aromatic rings. The Bertz CT molecular complexity index is 57.8. The standard InChI is InChI=1S/Al.H3O4P.3H/c;1-5(2,3)4;;;/h;(H3,1,2,3,4);;;/i;;1+1;;. The highest BCUT2D eigenvalue weighted by atomic mass is 31.2. The first kappa shape index (κ1) is 6.64. The second-order valence-corrected chi connectivity index (χ2v) is 1.54. The van der Waals surface area contributed by atoms with Crippen molar-refractivity contribution in [1.82, 2.24) is 0 Å². The minimum atomic E-state index is -4.64. The predicted octanol–water partition coefficient (Wildman–Crippen LogP) is -2.11. The van der Waals surface area contributed by atoms with Gasteiger partial charge in [-0.25, -0.2) is 4.57 Å². The van der Waals surface area contributed by atoms with Crippen molar-refractivity contribution in [2.75, 3.05) is 0 Å². The average Bonchev–Trinajstić information content (AvgIpc) is 1.36. The molecule has 0 aliphatic carbocycles. The third-order valence-corrected chi connectivity index (χ3v) is 0. The Labute approximate surface area is 46.0 Å². The summed E-state index contributed by atoms with van der Waals surface area (Å²) in [5, 5.41) is 0. The molecule has 0 rings (SSSR count). The smallest absolute Gasteiger partial charge is 0.303 e. The van der Waals surface area contributed by atoms with E-state index in [-0.39, 0.29) is 0 Å². The van der Waals surface area contributed by atoms with Crippen molar-refractivity contribution in [1.29, 1.82) is 0.939 Å². The number of rotatable bonds is 0. The van der Waals surface area contributed by atoms with Crippen molar-refractivity contribution in [2.45, 2.75) is 0 Å². The zero-order valence-corrected chi connectivity index (χ0v) is 6.09. The van der Waals surface area contributed by atoms with E-state index in [2.05, 4.69) is 0 Å². The van der Waals surface area contributed by atoms with Gasteiger partial charge in [0.05, 0.1) is 0 Å². The molecule has 0 bridgehead atoms. The monoisotopic (exact) mass is 129 g/mol. The van der Waals surface area contributed by atoms with E-state index in [1.54, 1.807) is 0 Å². The van der Waals surface area contributed by atoms with Crippen LogP contribution in [0.4, 0.5) is 0 Å². The molecule has 0 aromatic carbocycles. The molecule has 38 valence electrons. The summed E-state index contributed by atoms with van der Waals surface area (Å²) in [5.74, 6) is 0. The molecule has 0 fully saturated rings. The van der Waals surface area contributed by atoms with Crippen molar-refractivity contribution < 1.29 is 19.2 Å². The maximum Gasteiger partial charge on any atom is 0.466 e. The first-order chi connectivity index (χ1) is 3.00. The van der Waals surface area contributed by atoms with Crippen LogP contribution in [0.3, 0.4) is 0 Å². The lowest BCUT2D eigenvalue weighted by atomic mass is 15.8. The zero-order valence-electron chi connectivity index (χ0n) is 4.20. The van der Waals surface area contributed by atoms with Gasteiger partial charge in [0.2, 0.25) is 0 Å². The molecule has 6 heteroatoms. The average molecular weight is 129 g/mol. The molecular weight excluding hydrogens is 122 g/mol.